The highest BCUT2D eigenvalue weighted by molar-refractivity contribution is 6.09. The molecule has 170 valence electrons. The van der Waals surface area contributed by atoms with Crippen LogP contribution in [0.5, 0.6) is 5.75 Å². The molecule has 2 rings (SSSR count). The van der Waals surface area contributed by atoms with Crippen LogP contribution in [0.15, 0.2) is 24.3 Å². The molecule has 0 aromatic heterocycles. The van der Waals surface area contributed by atoms with Crippen molar-refractivity contribution >= 4 is 23.1 Å². The fourth-order valence-corrected chi connectivity index (χ4v) is 4.39. The van der Waals surface area contributed by atoms with Crippen molar-refractivity contribution < 1.29 is 49.1 Å². The number of hydrogen-bond donors (Lipinski definition) is 4. The van der Waals surface area contributed by atoms with Crippen molar-refractivity contribution in [2.75, 3.05) is 7.11 Å². The highest BCUT2D eigenvalue weighted by Gasteiger charge is 2.86. The molecule has 31 heavy (non-hydrogen) atoms. The highest BCUT2D eigenvalue weighted by Crippen LogP contribution is 2.58. The van der Waals surface area contributed by atoms with Gasteiger partial charge in [0.05, 0.1) is 7.11 Å². The fourth-order valence-electron chi connectivity index (χ4n) is 4.39. The Bertz CT molecular complexity index is 955. The molecule has 1 saturated heterocycles. The largest absolute Gasteiger partial charge is 0.497 e. The van der Waals surface area contributed by atoms with Crippen LogP contribution in [0.4, 0.5) is 0 Å². The molecular formula is C21H26O10. The number of carbonyl (C=O) groups is 4. The van der Waals surface area contributed by atoms with Gasteiger partial charge in [-0.25, -0.2) is 0 Å². The van der Waals surface area contributed by atoms with Gasteiger partial charge in [-0.05, 0) is 45.4 Å². The van der Waals surface area contributed by atoms with Crippen LogP contribution in [0, 0.1) is 0 Å². The Labute approximate surface area is 178 Å². The monoisotopic (exact) mass is 438 g/mol. The third-order valence-corrected chi connectivity index (χ3v) is 6.23. The topological polar surface area (TPSA) is 168 Å². The number of hydrogen-bond acceptors (Lipinski definition) is 10. The number of carbonyl (C=O) groups excluding carboxylic acids is 4. The van der Waals surface area contributed by atoms with E-state index in [1.54, 1.807) is 0 Å². The first-order chi connectivity index (χ1) is 14.0. The molecule has 0 amide bonds. The molecule has 4 N–H and O–H groups in total. The Balaban J connectivity index is 3.10. The minimum Gasteiger partial charge on any atom is -0.497 e. The summed E-state index contributed by atoms with van der Waals surface area (Å²) in [6.07, 6.45) is 0. The summed E-state index contributed by atoms with van der Waals surface area (Å²) in [5.41, 5.74) is -13.3. The van der Waals surface area contributed by atoms with Crippen molar-refractivity contribution in [1.82, 2.24) is 0 Å². The molecule has 0 saturated carbocycles. The van der Waals surface area contributed by atoms with Crippen molar-refractivity contribution in [3.8, 4) is 5.75 Å². The Morgan fingerprint density at radius 1 is 0.742 bits per heavy atom. The Hall–Kier alpha value is -2.50. The Morgan fingerprint density at radius 3 is 1.48 bits per heavy atom. The maximum absolute atomic E-state index is 12.8. The number of ether oxygens (including phenoxy) is 2. The smallest absolute Gasteiger partial charge is 0.267 e. The summed E-state index contributed by atoms with van der Waals surface area (Å²) < 4.78 is 10.5. The van der Waals surface area contributed by atoms with Crippen LogP contribution in [-0.2, 0) is 29.5 Å². The van der Waals surface area contributed by atoms with Gasteiger partial charge in [-0.1, -0.05) is 12.1 Å². The van der Waals surface area contributed by atoms with E-state index < -0.39 is 51.3 Å². The zero-order valence-electron chi connectivity index (χ0n) is 18.0. The molecule has 5 atom stereocenters. The number of rotatable bonds is 6. The van der Waals surface area contributed by atoms with E-state index in [4.69, 9.17) is 9.47 Å². The van der Waals surface area contributed by atoms with Crippen LogP contribution in [0.2, 0.25) is 0 Å². The molecule has 1 aromatic rings. The van der Waals surface area contributed by atoms with Gasteiger partial charge in [0.2, 0.25) is 11.2 Å². The molecule has 1 aliphatic rings. The molecule has 1 aromatic carbocycles. The summed E-state index contributed by atoms with van der Waals surface area (Å²) in [7, 11) is 1.38. The van der Waals surface area contributed by atoms with Crippen LogP contribution in [-0.4, -0.2) is 73.3 Å². The summed E-state index contributed by atoms with van der Waals surface area (Å²) in [6, 6.07) is 5.39. The van der Waals surface area contributed by atoms with Gasteiger partial charge in [0, 0.05) is 6.92 Å². The molecular weight excluding hydrogens is 412 g/mol. The lowest BCUT2D eigenvalue weighted by atomic mass is 9.53. The van der Waals surface area contributed by atoms with E-state index in [2.05, 4.69) is 0 Å². The summed E-state index contributed by atoms with van der Waals surface area (Å²) in [6.45, 7) is 3.96. The second-order valence-electron chi connectivity index (χ2n) is 7.86. The standard InChI is InChI=1S/C21H26O10/c1-11(22)18(26)17(5,15-7-9-16(30-6)10-8-15)31-21(29,14(4)25)20(28,13(3)24)19(18,27)12(2)23/h7-10,26-29H,1-6H3/t17-,18-,19-,20+,21-/m0/s1. The van der Waals surface area contributed by atoms with E-state index in [9.17, 15) is 39.6 Å². The van der Waals surface area contributed by atoms with E-state index in [-0.39, 0.29) is 5.56 Å². The van der Waals surface area contributed by atoms with Gasteiger partial charge in [-0.15, -0.1) is 0 Å². The predicted molar refractivity (Wildman–Crippen MR) is 104 cm³/mol. The summed E-state index contributed by atoms with van der Waals surface area (Å²) in [5, 5.41) is 45.5. The van der Waals surface area contributed by atoms with Crippen LogP contribution < -0.4 is 4.74 Å². The first-order valence-electron chi connectivity index (χ1n) is 9.30. The van der Waals surface area contributed by atoms with E-state index >= 15 is 0 Å². The quantitative estimate of drug-likeness (QED) is 0.440. The first-order valence-corrected chi connectivity index (χ1v) is 9.30. The normalized spacial score (nSPS) is 37.7. The average Bonchev–Trinajstić information content (AvgIpc) is 2.69. The lowest BCUT2D eigenvalue weighted by Gasteiger charge is -2.63. The predicted octanol–water partition coefficient (Wildman–Crippen LogP) is -0.822. The molecule has 1 aliphatic heterocycles. The zero-order chi connectivity index (χ0) is 24.2. The van der Waals surface area contributed by atoms with Gasteiger partial charge in [0.25, 0.3) is 5.79 Å². The third-order valence-electron chi connectivity index (χ3n) is 6.23. The first kappa shape index (κ1) is 24.8. The number of benzene rings is 1. The van der Waals surface area contributed by atoms with Crippen LogP contribution in [0.25, 0.3) is 0 Å². The van der Waals surface area contributed by atoms with E-state index in [1.807, 2.05) is 0 Å². The molecule has 1 fully saturated rings. The van der Waals surface area contributed by atoms with Gasteiger partial charge in [0.15, 0.2) is 28.7 Å². The van der Waals surface area contributed by atoms with Crippen molar-refractivity contribution in [3.63, 3.8) is 0 Å². The van der Waals surface area contributed by atoms with Crippen molar-refractivity contribution in [1.29, 1.82) is 0 Å². The Morgan fingerprint density at radius 2 is 1.16 bits per heavy atom. The van der Waals surface area contributed by atoms with Crippen LogP contribution in [0.1, 0.15) is 40.2 Å². The molecule has 0 bridgehead atoms. The number of methoxy groups -OCH3 is 1. The van der Waals surface area contributed by atoms with Gasteiger partial charge in [-0.2, -0.15) is 0 Å². The maximum atomic E-state index is 12.8. The van der Waals surface area contributed by atoms with Crippen molar-refractivity contribution in [2.45, 2.75) is 62.8 Å². The van der Waals surface area contributed by atoms with Crippen LogP contribution >= 0.6 is 0 Å². The molecule has 0 aliphatic carbocycles. The molecule has 0 unspecified atom stereocenters. The third kappa shape index (κ3) is 2.69. The molecule has 0 radical (unpaired) electrons. The SMILES string of the molecule is COc1ccc([C@]2(C)O[C@@](O)(C(C)=O)[C@@](O)(C(C)=O)[C@](O)(C(C)=O)[C@]2(O)C(C)=O)cc1. The second kappa shape index (κ2) is 7.28. The van der Waals surface area contributed by atoms with Gasteiger partial charge >= 0.3 is 0 Å². The maximum Gasteiger partial charge on any atom is 0.267 e. The van der Waals surface area contributed by atoms with Crippen molar-refractivity contribution in [2.24, 2.45) is 0 Å². The van der Waals surface area contributed by atoms with Gasteiger partial charge < -0.3 is 29.9 Å². The second-order valence-corrected chi connectivity index (χ2v) is 7.86. The average molecular weight is 438 g/mol. The number of ketones is 4. The van der Waals surface area contributed by atoms with Gasteiger partial charge in [0.1, 0.15) is 11.4 Å². The number of aliphatic hydroxyl groups is 4. The van der Waals surface area contributed by atoms with Crippen LogP contribution in [0.3, 0.4) is 0 Å². The molecule has 1 heterocycles. The minimum absolute atomic E-state index is 0.0732. The fraction of sp³-hybridized carbons (Fsp3) is 0.524. The lowest BCUT2D eigenvalue weighted by Crippen LogP contribution is -2.91. The minimum atomic E-state index is -3.72. The molecule has 10 heteroatoms. The van der Waals surface area contributed by atoms with E-state index in [0.717, 1.165) is 20.8 Å². The van der Waals surface area contributed by atoms with E-state index in [0.29, 0.717) is 19.6 Å². The van der Waals surface area contributed by atoms with Crippen molar-refractivity contribution in [3.05, 3.63) is 29.8 Å². The van der Waals surface area contributed by atoms with Gasteiger partial charge in [-0.3, -0.25) is 19.2 Å². The summed E-state index contributed by atoms with van der Waals surface area (Å²) >= 11 is 0. The number of Topliss-reactive ketones (excluding diaryl/α,β-unsaturated/α-hetero) is 4. The zero-order valence-corrected chi connectivity index (χ0v) is 18.0. The summed E-state index contributed by atoms with van der Waals surface area (Å²) in [5.74, 6) is -8.71. The summed E-state index contributed by atoms with van der Waals surface area (Å²) in [4.78, 5) is 50.5. The molecule has 10 nitrogen and oxygen atoms in total. The van der Waals surface area contributed by atoms with E-state index in [1.165, 1.54) is 31.4 Å². The lowest BCUT2D eigenvalue weighted by molar-refractivity contribution is -0.417. The molecule has 0 spiro atoms. The Kier molecular flexibility index (Phi) is 5.82. The highest BCUT2D eigenvalue weighted by atomic mass is 16.7.